The summed E-state index contributed by atoms with van der Waals surface area (Å²) in [6.45, 7) is 0. The minimum Gasteiger partial charge on any atom is -0.481 e. The molecule has 7 heteroatoms. The normalized spacial score (nSPS) is 10.7. The summed E-state index contributed by atoms with van der Waals surface area (Å²) in [5.41, 5.74) is -1.57. The highest BCUT2D eigenvalue weighted by molar-refractivity contribution is 6.30. The van der Waals surface area contributed by atoms with Crippen molar-refractivity contribution in [3.05, 3.63) is 28.3 Å². The maximum atomic E-state index is 13.1. The molecule has 0 unspecified atom stereocenters. The Morgan fingerprint density at radius 2 is 2.20 bits per heavy atom. The number of hydrogen-bond acceptors (Lipinski definition) is 2. The van der Waals surface area contributed by atoms with Gasteiger partial charge in [-0.05, 0) is 0 Å². The molecule has 1 aromatic rings. The molecule has 0 radical (unpaired) electrons. The number of aliphatic carboxylic acids is 1. The van der Waals surface area contributed by atoms with Crippen molar-refractivity contribution in [3.8, 4) is 0 Å². The van der Waals surface area contributed by atoms with E-state index in [4.69, 9.17) is 16.7 Å². The van der Waals surface area contributed by atoms with Crippen molar-refractivity contribution in [2.24, 2.45) is 0 Å². The van der Waals surface area contributed by atoms with Crippen LogP contribution in [0.1, 0.15) is 17.7 Å². The minimum atomic E-state index is -3.15. The van der Waals surface area contributed by atoms with Gasteiger partial charge in [0.2, 0.25) is 0 Å². The standard InChI is InChI=1S/C8H5ClF3NO2/c9-3-2-13-4(1-5(14)15)6(7(3)10)8(11)12/h2,8H,1H2,(H,14,15). The lowest BCUT2D eigenvalue weighted by atomic mass is 10.1. The van der Waals surface area contributed by atoms with E-state index in [-0.39, 0.29) is 0 Å². The van der Waals surface area contributed by atoms with Crippen LogP contribution in [-0.4, -0.2) is 16.1 Å². The van der Waals surface area contributed by atoms with Crippen molar-refractivity contribution < 1.29 is 23.1 Å². The van der Waals surface area contributed by atoms with Crippen LogP contribution in [0.2, 0.25) is 5.02 Å². The van der Waals surface area contributed by atoms with Gasteiger partial charge in [-0.25, -0.2) is 13.2 Å². The van der Waals surface area contributed by atoms with Crippen LogP contribution in [0.15, 0.2) is 6.20 Å². The van der Waals surface area contributed by atoms with E-state index in [0.717, 1.165) is 6.20 Å². The van der Waals surface area contributed by atoms with Gasteiger partial charge >= 0.3 is 5.97 Å². The average Bonchev–Trinajstić information content (AvgIpc) is 2.10. The molecule has 0 saturated carbocycles. The Hall–Kier alpha value is -1.30. The lowest BCUT2D eigenvalue weighted by molar-refractivity contribution is -0.136. The minimum absolute atomic E-state index is 0.514. The topological polar surface area (TPSA) is 50.2 Å². The first-order valence-electron chi connectivity index (χ1n) is 3.76. The number of nitrogens with zero attached hydrogens (tertiary/aromatic N) is 1. The third-order valence-electron chi connectivity index (χ3n) is 1.63. The molecule has 0 spiro atoms. The van der Waals surface area contributed by atoms with Gasteiger partial charge in [-0.1, -0.05) is 11.6 Å². The van der Waals surface area contributed by atoms with Crippen molar-refractivity contribution in [2.45, 2.75) is 12.8 Å². The molecule has 0 bridgehead atoms. The Kier molecular flexibility index (Phi) is 3.52. The second kappa shape index (κ2) is 4.48. The number of alkyl halides is 2. The number of carbonyl (C=O) groups is 1. The molecular weight excluding hydrogens is 235 g/mol. The molecule has 3 nitrogen and oxygen atoms in total. The smallest absolute Gasteiger partial charge is 0.309 e. The summed E-state index contributed by atoms with van der Waals surface area (Å²) >= 11 is 5.25. The second-order valence-electron chi connectivity index (χ2n) is 2.65. The first-order chi connectivity index (χ1) is 6.93. The fourth-order valence-electron chi connectivity index (χ4n) is 1.02. The molecule has 0 saturated heterocycles. The lowest BCUT2D eigenvalue weighted by Crippen LogP contribution is -2.08. The molecule has 0 aliphatic carbocycles. The summed E-state index contributed by atoms with van der Waals surface area (Å²) in [5.74, 6) is -2.69. The molecule has 0 aliphatic heterocycles. The average molecular weight is 240 g/mol. The Morgan fingerprint density at radius 3 is 2.67 bits per heavy atom. The largest absolute Gasteiger partial charge is 0.481 e. The van der Waals surface area contributed by atoms with E-state index in [9.17, 15) is 18.0 Å². The van der Waals surface area contributed by atoms with Crippen LogP contribution in [0.3, 0.4) is 0 Å². The summed E-state index contributed by atoms with van der Waals surface area (Å²) in [6, 6.07) is 0. The van der Waals surface area contributed by atoms with Crippen LogP contribution >= 0.6 is 11.6 Å². The van der Waals surface area contributed by atoms with Crippen LogP contribution in [0.25, 0.3) is 0 Å². The highest BCUT2D eigenvalue weighted by Crippen LogP contribution is 2.28. The van der Waals surface area contributed by atoms with Crippen molar-refractivity contribution in [1.29, 1.82) is 0 Å². The zero-order valence-electron chi connectivity index (χ0n) is 7.18. The van der Waals surface area contributed by atoms with E-state index < -0.39 is 40.9 Å². The van der Waals surface area contributed by atoms with Crippen LogP contribution in [0.5, 0.6) is 0 Å². The molecule has 0 aromatic carbocycles. The lowest BCUT2D eigenvalue weighted by Gasteiger charge is -2.07. The van der Waals surface area contributed by atoms with Gasteiger partial charge in [0, 0.05) is 6.20 Å². The quantitative estimate of drug-likeness (QED) is 0.881. The van der Waals surface area contributed by atoms with Crippen LogP contribution in [0.4, 0.5) is 13.2 Å². The molecule has 0 atom stereocenters. The zero-order chi connectivity index (χ0) is 11.6. The van der Waals surface area contributed by atoms with Gasteiger partial charge < -0.3 is 5.11 Å². The van der Waals surface area contributed by atoms with Gasteiger partial charge in [0.1, 0.15) is 0 Å². The van der Waals surface area contributed by atoms with E-state index >= 15 is 0 Å². The first kappa shape index (κ1) is 11.8. The monoisotopic (exact) mass is 239 g/mol. The number of rotatable bonds is 3. The van der Waals surface area contributed by atoms with Gasteiger partial charge in [0.15, 0.2) is 5.82 Å². The fraction of sp³-hybridized carbons (Fsp3) is 0.250. The summed E-state index contributed by atoms with van der Waals surface area (Å²) in [7, 11) is 0. The van der Waals surface area contributed by atoms with Gasteiger partial charge in [0.05, 0.1) is 22.7 Å². The van der Waals surface area contributed by atoms with E-state index in [1.54, 1.807) is 0 Å². The number of carboxylic acid groups (broad SMARTS) is 1. The van der Waals surface area contributed by atoms with Crippen molar-refractivity contribution >= 4 is 17.6 Å². The molecular formula is C8H5ClF3NO2. The summed E-state index contributed by atoms with van der Waals surface area (Å²) in [4.78, 5) is 13.7. The summed E-state index contributed by atoms with van der Waals surface area (Å²) < 4.78 is 37.9. The zero-order valence-corrected chi connectivity index (χ0v) is 7.93. The van der Waals surface area contributed by atoms with Gasteiger partial charge in [0.25, 0.3) is 6.43 Å². The second-order valence-corrected chi connectivity index (χ2v) is 3.06. The molecule has 1 rings (SSSR count). The predicted molar refractivity (Wildman–Crippen MR) is 45.5 cm³/mol. The third kappa shape index (κ3) is 2.59. The fourth-order valence-corrected chi connectivity index (χ4v) is 1.17. The molecule has 15 heavy (non-hydrogen) atoms. The molecule has 1 heterocycles. The Morgan fingerprint density at radius 1 is 1.60 bits per heavy atom. The molecule has 0 amide bonds. The molecule has 1 aromatic heterocycles. The predicted octanol–water partition coefficient (Wildman–Crippen LogP) is 2.44. The number of hydrogen-bond donors (Lipinski definition) is 1. The Labute approximate surface area is 87.5 Å². The van der Waals surface area contributed by atoms with Gasteiger partial charge in [-0.15, -0.1) is 0 Å². The van der Waals surface area contributed by atoms with Crippen molar-refractivity contribution in [2.75, 3.05) is 0 Å². The van der Waals surface area contributed by atoms with Crippen molar-refractivity contribution in [1.82, 2.24) is 4.98 Å². The number of aromatic nitrogens is 1. The van der Waals surface area contributed by atoms with Crippen molar-refractivity contribution in [3.63, 3.8) is 0 Å². The highest BCUT2D eigenvalue weighted by atomic mass is 35.5. The van der Waals surface area contributed by atoms with E-state index in [0.29, 0.717) is 0 Å². The van der Waals surface area contributed by atoms with E-state index in [1.165, 1.54) is 0 Å². The molecule has 82 valence electrons. The molecule has 0 fully saturated rings. The van der Waals surface area contributed by atoms with Crippen LogP contribution in [0, 0.1) is 5.82 Å². The molecule has 0 aliphatic rings. The Bertz CT molecular complexity index is 398. The van der Waals surface area contributed by atoms with E-state index in [2.05, 4.69) is 4.98 Å². The van der Waals surface area contributed by atoms with E-state index in [1.807, 2.05) is 0 Å². The summed E-state index contributed by atoms with van der Waals surface area (Å²) in [6.07, 6.45) is -3.11. The third-order valence-corrected chi connectivity index (χ3v) is 1.89. The SMILES string of the molecule is O=C(O)Cc1ncc(Cl)c(F)c1C(F)F. The maximum absolute atomic E-state index is 13.1. The highest BCUT2D eigenvalue weighted by Gasteiger charge is 2.23. The Balaban J connectivity index is 3.26. The van der Waals surface area contributed by atoms with Gasteiger partial charge in [-0.3, -0.25) is 9.78 Å². The first-order valence-corrected chi connectivity index (χ1v) is 4.14. The maximum Gasteiger partial charge on any atom is 0.309 e. The van der Waals surface area contributed by atoms with Crippen LogP contribution < -0.4 is 0 Å². The molecule has 1 N–H and O–H groups in total. The number of carboxylic acids is 1. The summed E-state index contributed by atoms with van der Waals surface area (Å²) in [5, 5.41) is 7.84. The number of halogens is 4. The van der Waals surface area contributed by atoms with Gasteiger partial charge in [-0.2, -0.15) is 0 Å². The van der Waals surface area contributed by atoms with Crippen LogP contribution in [-0.2, 0) is 11.2 Å². The number of pyridine rings is 1.